The minimum absolute atomic E-state index is 0.00416. The van der Waals surface area contributed by atoms with Gasteiger partial charge in [-0.25, -0.2) is 9.37 Å². The van der Waals surface area contributed by atoms with E-state index in [9.17, 15) is 9.18 Å². The first-order chi connectivity index (χ1) is 15.2. The number of thiazole rings is 1. The first-order valence-corrected chi connectivity index (χ1v) is 11.5. The van der Waals surface area contributed by atoms with Gasteiger partial charge in [-0.15, -0.1) is 22.7 Å². The zero-order chi connectivity index (χ0) is 21.2. The molecule has 0 aliphatic carbocycles. The van der Waals surface area contributed by atoms with Crippen LogP contribution >= 0.6 is 22.7 Å². The molecule has 0 spiro atoms. The maximum absolute atomic E-state index is 13.2. The molecule has 0 fully saturated rings. The zero-order valence-corrected chi connectivity index (χ0v) is 18.0. The molecular formula is C23H18FN3O2S2. The van der Waals surface area contributed by atoms with Gasteiger partial charge in [-0.3, -0.25) is 9.20 Å². The molecule has 1 aromatic carbocycles. The van der Waals surface area contributed by atoms with Crippen LogP contribution in [0.2, 0.25) is 0 Å². The standard InChI is InChI=1S/C23H18FN3O2S2/c24-17-7-5-16(6-8-17)20-14-27-18(15-31-23(27)25-20)9-10-26(13-19-3-1-11-29-19)22(28)21-4-2-12-30-21/h1-8,11-12,14-15H,9-10,13H2. The smallest absolute Gasteiger partial charge is 0.264 e. The fourth-order valence-electron chi connectivity index (χ4n) is 3.42. The van der Waals surface area contributed by atoms with Crippen LogP contribution in [-0.2, 0) is 13.0 Å². The normalized spacial score (nSPS) is 11.3. The Kier molecular flexibility index (Phi) is 5.40. The Morgan fingerprint density at radius 1 is 1.13 bits per heavy atom. The molecule has 1 amide bonds. The van der Waals surface area contributed by atoms with Crippen molar-refractivity contribution in [3.05, 3.63) is 93.9 Å². The van der Waals surface area contributed by atoms with Crippen LogP contribution in [-0.4, -0.2) is 26.7 Å². The quantitative estimate of drug-likeness (QED) is 0.317. The van der Waals surface area contributed by atoms with E-state index in [1.807, 2.05) is 45.1 Å². The molecular weight excluding hydrogens is 433 g/mol. The maximum atomic E-state index is 13.2. The minimum atomic E-state index is -0.266. The average Bonchev–Trinajstić information content (AvgIpc) is 3.57. The molecule has 0 aliphatic rings. The van der Waals surface area contributed by atoms with Crippen molar-refractivity contribution in [3.63, 3.8) is 0 Å². The largest absolute Gasteiger partial charge is 0.467 e. The van der Waals surface area contributed by atoms with Crippen molar-refractivity contribution in [1.29, 1.82) is 0 Å². The van der Waals surface area contributed by atoms with Crippen molar-refractivity contribution in [2.24, 2.45) is 0 Å². The number of imidazole rings is 1. The van der Waals surface area contributed by atoms with Gasteiger partial charge in [0.1, 0.15) is 11.6 Å². The molecule has 5 aromatic rings. The molecule has 8 heteroatoms. The van der Waals surface area contributed by atoms with Crippen molar-refractivity contribution >= 4 is 33.5 Å². The Bertz CT molecular complexity index is 1290. The van der Waals surface area contributed by atoms with Crippen molar-refractivity contribution < 1.29 is 13.6 Å². The van der Waals surface area contributed by atoms with E-state index >= 15 is 0 Å². The first-order valence-electron chi connectivity index (χ1n) is 9.74. The van der Waals surface area contributed by atoms with E-state index in [4.69, 9.17) is 4.42 Å². The van der Waals surface area contributed by atoms with Crippen molar-refractivity contribution in [3.8, 4) is 11.3 Å². The fraction of sp³-hybridized carbons (Fsp3) is 0.130. The summed E-state index contributed by atoms with van der Waals surface area (Å²) in [5.41, 5.74) is 2.75. The molecule has 4 aromatic heterocycles. The molecule has 0 unspecified atom stereocenters. The van der Waals surface area contributed by atoms with Gasteiger partial charge in [-0.2, -0.15) is 0 Å². The highest BCUT2D eigenvalue weighted by molar-refractivity contribution is 7.15. The number of amides is 1. The second-order valence-electron chi connectivity index (χ2n) is 7.05. The lowest BCUT2D eigenvalue weighted by atomic mass is 10.2. The second kappa shape index (κ2) is 8.49. The summed E-state index contributed by atoms with van der Waals surface area (Å²) in [5, 5.41) is 3.97. The number of carbonyl (C=O) groups is 1. The van der Waals surface area contributed by atoms with Gasteiger partial charge in [-0.1, -0.05) is 6.07 Å². The lowest BCUT2D eigenvalue weighted by Crippen LogP contribution is -2.32. The van der Waals surface area contributed by atoms with Crippen LogP contribution in [0.1, 0.15) is 21.1 Å². The molecule has 0 N–H and O–H groups in total. The van der Waals surface area contributed by atoms with E-state index in [1.165, 1.54) is 23.5 Å². The number of aromatic nitrogens is 2. The SMILES string of the molecule is O=C(c1cccs1)N(CCc1csc2nc(-c3ccc(F)cc3)cn12)Cc1ccco1. The van der Waals surface area contributed by atoms with Crippen LogP contribution < -0.4 is 0 Å². The molecule has 156 valence electrons. The number of rotatable bonds is 7. The molecule has 4 heterocycles. The molecule has 0 bridgehead atoms. The number of thiophene rings is 1. The van der Waals surface area contributed by atoms with Gasteiger partial charge in [0.2, 0.25) is 0 Å². The molecule has 0 atom stereocenters. The van der Waals surface area contributed by atoms with Gasteiger partial charge in [0.15, 0.2) is 4.96 Å². The van der Waals surface area contributed by atoms with Gasteiger partial charge in [0.05, 0.1) is 23.4 Å². The fourth-order valence-corrected chi connectivity index (χ4v) is 5.02. The summed E-state index contributed by atoms with van der Waals surface area (Å²) in [6, 6.07) is 13.8. The topological polar surface area (TPSA) is 50.8 Å². The van der Waals surface area contributed by atoms with Crippen molar-refractivity contribution in [1.82, 2.24) is 14.3 Å². The summed E-state index contributed by atoms with van der Waals surface area (Å²) in [6.45, 7) is 0.967. The van der Waals surface area contributed by atoms with E-state index in [-0.39, 0.29) is 11.7 Å². The van der Waals surface area contributed by atoms with Gasteiger partial charge in [-0.05, 0) is 47.8 Å². The predicted octanol–water partition coefficient (Wildman–Crippen LogP) is 5.74. The van der Waals surface area contributed by atoms with E-state index < -0.39 is 0 Å². The number of hydrogen-bond donors (Lipinski definition) is 0. The highest BCUT2D eigenvalue weighted by atomic mass is 32.1. The van der Waals surface area contributed by atoms with E-state index in [2.05, 4.69) is 10.4 Å². The van der Waals surface area contributed by atoms with Crippen LogP contribution in [0.15, 0.2) is 76.2 Å². The van der Waals surface area contributed by atoms with Crippen LogP contribution in [0.5, 0.6) is 0 Å². The summed E-state index contributed by atoms with van der Waals surface area (Å²) in [5.74, 6) is 0.481. The molecule has 0 saturated carbocycles. The summed E-state index contributed by atoms with van der Waals surface area (Å²) in [7, 11) is 0. The Morgan fingerprint density at radius 3 is 2.74 bits per heavy atom. The summed E-state index contributed by atoms with van der Waals surface area (Å²) >= 11 is 2.99. The third-order valence-corrected chi connectivity index (χ3v) is 6.75. The van der Waals surface area contributed by atoms with E-state index in [0.717, 1.165) is 27.7 Å². The molecule has 5 nitrogen and oxygen atoms in total. The number of carbonyl (C=O) groups excluding carboxylic acids is 1. The average molecular weight is 452 g/mol. The Labute approximate surface area is 186 Å². The van der Waals surface area contributed by atoms with Crippen LogP contribution in [0.25, 0.3) is 16.2 Å². The highest BCUT2D eigenvalue weighted by Gasteiger charge is 2.19. The summed E-state index contributed by atoms with van der Waals surface area (Å²) in [4.78, 5) is 21.1. The van der Waals surface area contributed by atoms with Crippen LogP contribution in [0.4, 0.5) is 4.39 Å². The van der Waals surface area contributed by atoms with E-state index in [1.54, 1.807) is 29.7 Å². The Hall–Kier alpha value is -3.23. The Morgan fingerprint density at radius 2 is 2.00 bits per heavy atom. The van der Waals surface area contributed by atoms with Gasteiger partial charge < -0.3 is 9.32 Å². The summed E-state index contributed by atoms with van der Waals surface area (Å²) in [6.07, 6.45) is 4.26. The molecule has 5 rings (SSSR count). The maximum Gasteiger partial charge on any atom is 0.264 e. The number of hydrogen-bond acceptors (Lipinski definition) is 5. The number of furan rings is 1. The molecule has 0 saturated heterocycles. The highest BCUT2D eigenvalue weighted by Crippen LogP contribution is 2.25. The molecule has 0 aliphatic heterocycles. The third-order valence-electron chi connectivity index (χ3n) is 5.01. The second-order valence-corrected chi connectivity index (χ2v) is 8.83. The lowest BCUT2D eigenvalue weighted by molar-refractivity contribution is 0.0738. The number of benzene rings is 1. The van der Waals surface area contributed by atoms with Crippen LogP contribution in [0, 0.1) is 5.82 Å². The third kappa shape index (κ3) is 4.17. The molecule has 0 radical (unpaired) electrons. The number of halogens is 1. The van der Waals surface area contributed by atoms with Crippen molar-refractivity contribution in [2.75, 3.05) is 6.54 Å². The molecule has 31 heavy (non-hydrogen) atoms. The lowest BCUT2D eigenvalue weighted by Gasteiger charge is -2.21. The van der Waals surface area contributed by atoms with Crippen molar-refractivity contribution in [2.45, 2.75) is 13.0 Å². The number of fused-ring (bicyclic) bond motifs is 1. The van der Waals surface area contributed by atoms with Gasteiger partial charge in [0, 0.05) is 35.8 Å². The van der Waals surface area contributed by atoms with Gasteiger partial charge in [0.25, 0.3) is 5.91 Å². The minimum Gasteiger partial charge on any atom is -0.467 e. The predicted molar refractivity (Wildman–Crippen MR) is 120 cm³/mol. The van der Waals surface area contributed by atoms with E-state index in [0.29, 0.717) is 24.4 Å². The monoisotopic (exact) mass is 451 g/mol. The van der Waals surface area contributed by atoms with Crippen LogP contribution in [0.3, 0.4) is 0 Å². The number of nitrogens with zero attached hydrogens (tertiary/aromatic N) is 3. The zero-order valence-electron chi connectivity index (χ0n) is 16.4. The first kappa shape index (κ1) is 19.7. The summed E-state index contributed by atoms with van der Waals surface area (Å²) < 4.78 is 20.7. The Balaban J connectivity index is 1.37. The van der Waals surface area contributed by atoms with Gasteiger partial charge >= 0.3 is 0 Å².